The number of nitrogens with zero attached hydrogens (tertiary/aromatic N) is 4. The van der Waals surface area contributed by atoms with E-state index in [0.717, 1.165) is 5.56 Å². The van der Waals surface area contributed by atoms with Crippen LogP contribution in [0.25, 0.3) is 11.8 Å². The number of nitrogens with one attached hydrogen (secondary N) is 2. The molecule has 0 radical (unpaired) electrons. The van der Waals surface area contributed by atoms with Crippen molar-refractivity contribution < 1.29 is 28.6 Å². The molecule has 0 bridgehead atoms. The number of aliphatic hydroxyl groups is 1. The zero-order valence-corrected chi connectivity index (χ0v) is 25.4. The van der Waals surface area contributed by atoms with Crippen LogP contribution >= 0.6 is 0 Å². The lowest BCUT2D eigenvalue weighted by atomic mass is 9.92. The van der Waals surface area contributed by atoms with Gasteiger partial charge in [-0.1, -0.05) is 45.0 Å². The Balaban J connectivity index is 1.81. The molecular formula is C32H37FN6O5. The van der Waals surface area contributed by atoms with E-state index in [0.29, 0.717) is 11.3 Å². The number of aromatic nitrogens is 3. The third-order valence-corrected chi connectivity index (χ3v) is 6.67. The molecule has 1 aromatic heterocycles. The molecule has 11 nitrogen and oxygen atoms in total. The van der Waals surface area contributed by atoms with Gasteiger partial charge in [0.15, 0.2) is 5.78 Å². The van der Waals surface area contributed by atoms with Crippen LogP contribution in [0.15, 0.2) is 55.1 Å². The molecule has 0 aliphatic carbocycles. The van der Waals surface area contributed by atoms with Crippen molar-refractivity contribution in [2.45, 2.75) is 59.7 Å². The summed E-state index contributed by atoms with van der Waals surface area (Å²) in [6.45, 7) is 7.80. The molecule has 0 unspecified atom stereocenters. The average Bonchev–Trinajstić information content (AvgIpc) is 3.50. The topological polar surface area (TPSA) is 159 Å². The number of ketones is 1. The Bertz CT molecular complexity index is 1540. The fourth-order valence-electron chi connectivity index (χ4n) is 4.08. The number of rotatable bonds is 13. The Morgan fingerprint density at radius 1 is 1.20 bits per heavy atom. The van der Waals surface area contributed by atoms with Crippen LogP contribution in [0, 0.1) is 35.4 Å². The second-order valence-corrected chi connectivity index (χ2v) is 11.5. The highest BCUT2D eigenvalue weighted by Gasteiger charge is 2.33. The largest absolute Gasteiger partial charge is 0.493 e. The van der Waals surface area contributed by atoms with Gasteiger partial charge in [-0.3, -0.25) is 14.4 Å². The number of nitriles is 1. The number of carbonyl (C=O) groups excluding carboxylic acids is 3. The summed E-state index contributed by atoms with van der Waals surface area (Å²) in [5.41, 5.74) is 1.02. The van der Waals surface area contributed by atoms with E-state index in [1.165, 1.54) is 30.3 Å². The monoisotopic (exact) mass is 604 g/mol. The molecule has 0 spiro atoms. The van der Waals surface area contributed by atoms with Crippen LogP contribution in [0.1, 0.15) is 50.8 Å². The van der Waals surface area contributed by atoms with E-state index in [9.17, 15) is 29.1 Å². The van der Waals surface area contributed by atoms with Gasteiger partial charge in [-0.2, -0.15) is 10.4 Å². The lowest BCUT2D eigenvalue weighted by molar-refractivity contribution is -0.136. The number of Topliss-reactive ketones (excluding diaryl/α,β-unsaturated/α-hetero) is 1. The molecule has 1 heterocycles. The van der Waals surface area contributed by atoms with E-state index in [2.05, 4.69) is 20.7 Å². The Kier molecular flexibility index (Phi) is 11.5. The minimum Gasteiger partial charge on any atom is -0.493 e. The van der Waals surface area contributed by atoms with Crippen molar-refractivity contribution in [3.63, 3.8) is 0 Å². The maximum absolute atomic E-state index is 14.4. The van der Waals surface area contributed by atoms with Gasteiger partial charge in [0.2, 0.25) is 11.8 Å². The summed E-state index contributed by atoms with van der Waals surface area (Å²) in [4.78, 5) is 43.1. The predicted molar refractivity (Wildman–Crippen MR) is 161 cm³/mol. The zero-order valence-electron chi connectivity index (χ0n) is 25.4. The lowest BCUT2D eigenvalue weighted by Gasteiger charge is -2.26. The van der Waals surface area contributed by atoms with Crippen molar-refractivity contribution in [3.8, 4) is 11.8 Å². The standard InChI is InChI=1S/C32H37FN6O5/c1-20-9-10-23(27(33)11-20)16-36-30(42)24(14-28(41)29(21(2)40)38-31(43)32(3,4)5)17-44-26-8-6-7-22(13-26)12-25(15-34)39-19-35-18-37-39/h6-13,18-19,21,24,29,40H,14,16-17H2,1-5H3,(H,36,42)(H,38,43)/t21-,24+,29+/m1/s1. The molecule has 0 aliphatic heterocycles. The quantitative estimate of drug-likeness (QED) is 0.250. The van der Waals surface area contributed by atoms with Gasteiger partial charge in [-0.25, -0.2) is 14.1 Å². The van der Waals surface area contributed by atoms with E-state index in [1.807, 2.05) is 6.07 Å². The number of halogens is 1. The number of hydrogen-bond acceptors (Lipinski definition) is 8. The summed E-state index contributed by atoms with van der Waals surface area (Å²) in [6.07, 6.45) is 2.69. The van der Waals surface area contributed by atoms with Crippen LogP contribution < -0.4 is 15.4 Å². The van der Waals surface area contributed by atoms with Crippen molar-refractivity contribution in [3.05, 3.63) is 77.6 Å². The molecule has 0 aliphatic rings. The molecule has 12 heteroatoms. The molecular weight excluding hydrogens is 567 g/mol. The number of allylic oxidation sites excluding steroid dienone is 1. The summed E-state index contributed by atoms with van der Waals surface area (Å²) >= 11 is 0. The van der Waals surface area contributed by atoms with Crippen LogP contribution in [-0.4, -0.2) is 56.2 Å². The number of carbonyl (C=O) groups is 3. The number of aliphatic hydroxyl groups excluding tert-OH is 1. The van der Waals surface area contributed by atoms with Gasteiger partial charge in [-0.05, 0) is 49.2 Å². The lowest BCUT2D eigenvalue weighted by Crippen LogP contribution is -2.52. The van der Waals surface area contributed by atoms with E-state index >= 15 is 0 Å². The fraction of sp³-hybridized carbons (Fsp3) is 0.375. The molecule has 3 N–H and O–H groups in total. The minimum atomic E-state index is -1.25. The third kappa shape index (κ3) is 9.57. The van der Waals surface area contributed by atoms with E-state index < -0.39 is 46.9 Å². The normalized spacial score (nSPS) is 13.7. The van der Waals surface area contributed by atoms with Crippen molar-refractivity contribution in [2.24, 2.45) is 11.3 Å². The van der Waals surface area contributed by atoms with Crippen molar-refractivity contribution in [1.29, 1.82) is 5.26 Å². The summed E-state index contributed by atoms with van der Waals surface area (Å²) in [7, 11) is 0. The van der Waals surface area contributed by atoms with Crippen molar-refractivity contribution in [1.82, 2.24) is 25.4 Å². The first-order valence-electron chi connectivity index (χ1n) is 14.0. The highest BCUT2D eigenvalue weighted by Crippen LogP contribution is 2.20. The first kappa shape index (κ1) is 33.6. The highest BCUT2D eigenvalue weighted by atomic mass is 19.1. The summed E-state index contributed by atoms with van der Waals surface area (Å²) in [6, 6.07) is 12.2. The second kappa shape index (κ2) is 15.0. The van der Waals surface area contributed by atoms with Gasteiger partial charge in [0.05, 0.1) is 12.0 Å². The maximum atomic E-state index is 14.4. The van der Waals surface area contributed by atoms with Crippen molar-refractivity contribution >= 4 is 29.4 Å². The molecule has 3 atom stereocenters. The first-order chi connectivity index (χ1) is 20.8. The first-order valence-corrected chi connectivity index (χ1v) is 14.0. The fourth-order valence-corrected chi connectivity index (χ4v) is 4.08. The Hall–Kier alpha value is -4.89. The summed E-state index contributed by atoms with van der Waals surface area (Å²) in [5, 5.41) is 29.0. The number of ether oxygens (including phenoxy) is 1. The van der Waals surface area contributed by atoms with E-state index in [1.54, 1.807) is 70.2 Å². The smallest absolute Gasteiger partial charge is 0.227 e. The van der Waals surface area contributed by atoms with Crippen molar-refractivity contribution in [2.75, 3.05) is 6.61 Å². The van der Waals surface area contributed by atoms with Crippen LogP contribution in [0.2, 0.25) is 0 Å². The minimum absolute atomic E-state index is 0.115. The molecule has 3 rings (SSSR count). The average molecular weight is 605 g/mol. The number of benzene rings is 2. The molecule has 232 valence electrons. The molecule has 2 amide bonds. The van der Waals surface area contributed by atoms with Crippen LogP contribution in [0.4, 0.5) is 4.39 Å². The number of hydrogen-bond donors (Lipinski definition) is 3. The van der Waals surface area contributed by atoms with Gasteiger partial charge in [0.25, 0.3) is 0 Å². The van der Waals surface area contributed by atoms with Crippen LogP contribution in [0.3, 0.4) is 0 Å². The molecule has 3 aromatic rings. The van der Waals surface area contributed by atoms with Gasteiger partial charge < -0.3 is 20.5 Å². The van der Waals surface area contributed by atoms with E-state index in [-0.39, 0.29) is 30.8 Å². The Morgan fingerprint density at radius 3 is 2.57 bits per heavy atom. The molecule has 2 aromatic carbocycles. The van der Waals surface area contributed by atoms with Gasteiger partial charge in [-0.15, -0.1) is 0 Å². The summed E-state index contributed by atoms with van der Waals surface area (Å²) < 4.78 is 21.6. The predicted octanol–water partition coefficient (Wildman–Crippen LogP) is 3.43. The maximum Gasteiger partial charge on any atom is 0.227 e. The van der Waals surface area contributed by atoms with Crippen LogP contribution in [-0.2, 0) is 20.9 Å². The van der Waals surface area contributed by atoms with Gasteiger partial charge in [0.1, 0.15) is 48.6 Å². The molecule has 0 saturated carbocycles. The second-order valence-electron chi connectivity index (χ2n) is 11.5. The van der Waals surface area contributed by atoms with Gasteiger partial charge in [0, 0.05) is 23.9 Å². The van der Waals surface area contributed by atoms with Gasteiger partial charge >= 0.3 is 0 Å². The van der Waals surface area contributed by atoms with Crippen LogP contribution in [0.5, 0.6) is 5.75 Å². The zero-order chi connectivity index (χ0) is 32.4. The Morgan fingerprint density at radius 2 is 1.95 bits per heavy atom. The third-order valence-electron chi connectivity index (χ3n) is 6.67. The highest BCUT2D eigenvalue weighted by molar-refractivity contribution is 5.94. The van der Waals surface area contributed by atoms with E-state index in [4.69, 9.17) is 4.74 Å². The number of amides is 2. The SMILES string of the molecule is Cc1ccc(CNC(=O)[C@H](COc2cccc(C=C(C#N)n3cncn3)c2)CC(=O)[C@@H](NC(=O)C(C)(C)C)[C@@H](C)O)c(F)c1. The molecule has 0 fully saturated rings. The Labute approximate surface area is 255 Å². The number of aryl methyl sites for hydroxylation is 1. The molecule has 0 saturated heterocycles. The molecule has 44 heavy (non-hydrogen) atoms. The summed E-state index contributed by atoms with van der Waals surface area (Å²) in [5.74, 6) is -2.73.